The fourth-order valence-corrected chi connectivity index (χ4v) is 7.80. The molecule has 19 heavy (non-hydrogen) atoms. The molecule has 0 aliphatic rings. The fraction of sp³-hybridized carbons (Fsp3) is 1.00. The third-order valence-corrected chi connectivity index (χ3v) is 10.3. The second-order valence-electron chi connectivity index (χ2n) is 6.46. The minimum atomic E-state index is 0.145. The molecule has 0 amide bonds. The highest BCUT2D eigenvalue weighted by molar-refractivity contribution is 7.59. The summed E-state index contributed by atoms with van der Waals surface area (Å²) < 4.78 is 5.93. The zero-order valence-electron chi connectivity index (χ0n) is 14.4. The number of hydrogen-bond donors (Lipinski definition) is 0. The third kappa shape index (κ3) is 8.64. The van der Waals surface area contributed by atoms with Crippen LogP contribution in [0.5, 0.6) is 0 Å². The SMILES string of the molecule is CC(C)P(CCOCCP(C(C)C)C(C)C)C(C)C. The smallest absolute Gasteiger partial charge is 0.0505 e. The first-order chi connectivity index (χ1) is 8.77. The van der Waals surface area contributed by atoms with Crippen LogP contribution in [0.4, 0.5) is 0 Å². The Bertz CT molecular complexity index is 177. The molecule has 0 fully saturated rings. The van der Waals surface area contributed by atoms with Crippen molar-refractivity contribution in [1.82, 2.24) is 0 Å². The third-order valence-electron chi connectivity index (χ3n) is 3.64. The quantitative estimate of drug-likeness (QED) is 0.377. The standard InChI is InChI=1S/C16H36OP2/c1-13(2)18(14(3)4)11-9-17-10-12-19(15(5)6)16(7)8/h13-16H,9-12H2,1-8H3. The highest BCUT2D eigenvalue weighted by Crippen LogP contribution is 2.46. The molecule has 0 aromatic heterocycles. The Morgan fingerprint density at radius 1 is 0.579 bits per heavy atom. The Kier molecular flexibility index (Phi) is 11.0. The van der Waals surface area contributed by atoms with E-state index in [9.17, 15) is 0 Å². The van der Waals surface area contributed by atoms with Crippen LogP contribution in [-0.2, 0) is 4.74 Å². The van der Waals surface area contributed by atoms with Crippen LogP contribution < -0.4 is 0 Å². The van der Waals surface area contributed by atoms with Gasteiger partial charge in [-0.3, -0.25) is 0 Å². The Balaban J connectivity index is 3.85. The molecule has 0 N–H and O–H groups in total. The van der Waals surface area contributed by atoms with Gasteiger partial charge in [0.15, 0.2) is 0 Å². The van der Waals surface area contributed by atoms with Crippen molar-refractivity contribution >= 4 is 15.8 Å². The van der Waals surface area contributed by atoms with Gasteiger partial charge in [-0.25, -0.2) is 0 Å². The first kappa shape index (κ1) is 19.8. The molecule has 0 saturated carbocycles. The van der Waals surface area contributed by atoms with Gasteiger partial charge < -0.3 is 4.74 Å². The molecule has 0 aliphatic carbocycles. The van der Waals surface area contributed by atoms with Crippen molar-refractivity contribution in [1.29, 1.82) is 0 Å². The van der Waals surface area contributed by atoms with Crippen LogP contribution in [0.3, 0.4) is 0 Å². The number of rotatable bonds is 10. The topological polar surface area (TPSA) is 9.23 Å². The lowest BCUT2D eigenvalue weighted by Crippen LogP contribution is -2.14. The predicted octanol–water partition coefficient (Wildman–Crippen LogP) is 5.60. The molecule has 0 spiro atoms. The van der Waals surface area contributed by atoms with Crippen molar-refractivity contribution in [3.8, 4) is 0 Å². The van der Waals surface area contributed by atoms with Gasteiger partial charge in [0.05, 0.1) is 13.2 Å². The maximum atomic E-state index is 5.93. The molecule has 0 bridgehead atoms. The minimum Gasteiger partial charge on any atom is -0.381 e. The van der Waals surface area contributed by atoms with Crippen molar-refractivity contribution in [3.63, 3.8) is 0 Å². The Morgan fingerprint density at radius 3 is 1.05 bits per heavy atom. The van der Waals surface area contributed by atoms with Crippen LogP contribution in [0.1, 0.15) is 55.4 Å². The predicted molar refractivity (Wildman–Crippen MR) is 94.9 cm³/mol. The Morgan fingerprint density at radius 2 is 0.842 bits per heavy atom. The molecule has 0 aliphatic heterocycles. The van der Waals surface area contributed by atoms with Crippen molar-refractivity contribution in [2.24, 2.45) is 0 Å². The highest BCUT2D eigenvalue weighted by Gasteiger charge is 2.17. The van der Waals surface area contributed by atoms with E-state index in [-0.39, 0.29) is 15.8 Å². The molecular weight excluding hydrogens is 270 g/mol. The maximum Gasteiger partial charge on any atom is 0.0505 e. The van der Waals surface area contributed by atoms with Crippen LogP contribution in [0.25, 0.3) is 0 Å². The molecule has 3 heteroatoms. The van der Waals surface area contributed by atoms with E-state index in [1.165, 1.54) is 12.3 Å². The van der Waals surface area contributed by atoms with Gasteiger partial charge in [0.2, 0.25) is 0 Å². The van der Waals surface area contributed by atoms with Crippen LogP contribution in [0.2, 0.25) is 0 Å². The Labute approximate surface area is 124 Å². The summed E-state index contributed by atoms with van der Waals surface area (Å²) in [5.74, 6) is 0. The van der Waals surface area contributed by atoms with E-state index in [1.54, 1.807) is 0 Å². The molecule has 116 valence electrons. The average Bonchev–Trinajstić information content (AvgIpc) is 2.25. The normalized spacial score (nSPS) is 12.9. The van der Waals surface area contributed by atoms with Crippen LogP contribution >= 0.6 is 15.8 Å². The van der Waals surface area contributed by atoms with E-state index >= 15 is 0 Å². The molecule has 1 nitrogen and oxygen atoms in total. The van der Waals surface area contributed by atoms with Crippen LogP contribution in [0, 0.1) is 0 Å². The fourth-order valence-electron chi connectivity index (χ4n) is 2.67. The van der Waals surface area contributed by atoms with Gasteiger partial charge >= 0.3 is 0 Å². The molecule has 0 radical (unpaired) electrons. The van der Waals surface area contributed by atoms with Crippen molar-refractivity contribution < 1.29 is 4.74 Å². The van der Waals surface area contributed by atoms with E-state index in [4.69, 9.17) is 4.74 Å². The summed E-state index contributed by atoms with van der Waals surface area (Å²) in [6, 6.07) is 0. The lowest BCUT2D eigenvalue weighted by molar-refractivity contribution is 0.165. The summed E-state index contributed by atoms with van der Waals surface area (Å²) in [6.45, 7) is 20.9. The van der Waals surface area contributed by atoms with Crippen LogP contribution in [-0.4, -0.2) is 48.2 Å². The van der Waals surface area contributed by atoms with Gasteiger partial charge in [-0.1, -0.05) is 71.2 Å². The Hall–Kier alpha value is 0.820. The molecule has 0 unspecified atom stereocenters. The largest absolute Gasteiger partial charge is 0.381 e. The summed E-state index contributed by atoms with van der Waals surface area (Å²) >= 11 is 0. The second-order valence-corrected chi connectivity index (χ2v) is 13.5. The number of ether oxygens (including phenoxy) is 1. The van der Waals surface area contributed by atoms with Gasteiger partial charge in [0, 0.05) is 0 Å². The molecule has 0 aromatic carbocycles. The van der Waals surface area contributed by atoms with Crippen molar-refractivity contribution in [2.75, 3.05) is 25.5 Å². The molecule has 0 aromatic rings. The molecule has 0 atom stereocenters. The number of hydrogen-bond acceptors (Lipinski definition) is 1. The highest BCUT2D eigenvalue weighted by atomic mass is 31.1. The van der Waals surface area contributed by atoms with Gasteiger partial charge in [-0.2, -0.15) is 0 Å². The van der Waals surface area contributed by atoms with E-state index in [1.807, 2.05) is 0 Å². The zero-order chi connectivity index (χ0) is 15.0. The summed E-state index contributed by atoms with van der Waals surface area (Å²) in [5.41, 5.74) is 3.34. The van der Waals surface area contributed by atoms with E-state index in [0.717, 1.165) is 35.8 Å². The second kappa shape index (κ2) is 10.5. The first-order valence-corrected chi connectivity index (χ1v) is 11.2. The summed E-state index contributed by atoms with van der Waals surface area (Å²) in [4.78, 5) is 0. The minimum absolute atomic E-state index is 0.145. The van der Waals surface area contributed by atoms with Crippen molar-refractivity contribution in [3.05, 3.63) is 0 Å². The lowest BCUT2D eigenvalue weighted by Gasteiger charge is -2.27. The van der Waals surface area contributed by atoms with Crippen molar-refractivity contribution in [2.45, 2.75) is 78.0 Å². The maximum absolute atomic E-state index is 5.93. The van der Waals surface area contributed by atoms with E-state index in [2.05, 4.69) is 55.4 Å². The average molecular weight is 306 g/mol. The van der Waals surface area contributed by atoms with Crippen LogP contribution in [0.15, 0.2) is 0 Å². The summed E-state index contributed by atoms with van der Waals surface area (Å²) in [5, 5.41) is 0. The first-order valence-electron chi connectivity index (χ1n) is 7.86. The monoisotopic (exact) mass is 306 g/mol. The molecule has 0 heterocycles. The van der Waals surface area contributed by atoms with E-state index < -0.39 is 0 Å². The van der Waals surface area contributed by atoms with Gasteiger partial charge in [-0.05, 0) is 35.0 Å². The zero-order valence-corrected chi connectivity index (χ0v) is 16.2. The van der Waals surface area contributed by atoms with E-state index in [0.29, 0.717) is 0 Å². The van der Waals surface area contributed by atoms with Gasteiger partial charge in [0.1, 0.15) is 0 Å². The molecule has 0 saturated heterocycles. The summed E-state index contributed by atoms with van der Waals surface area (Å²) in [6.07, 6.45) is 2.57. The molecule has 0 rings (SSSR count). The lowest BCUT2D eigenvalue weighted by atomic mass is 10.5. The summed E-state index contributed by atoms with van der Waals surface area (Å²) in [7, 11) is 0.290. The molecular formula is C16H36OP2. The van der Waals surface area contributed by atoms with Gasteiger partial charge in [-0.15, -0.1) is 0 Å². The van der Waals surface area contributed by atoms with Gasteiger partial charge in [0.25, 0.3) is 0 Å².